The number of anilines is 1. The van der Waals surface area contributed by atoms with Crippen molar-refractivity contribution in [2.45, 2.75) is 0 Å². The van der Waals surface area contributed by atoms with Gasteiger partial charge >= 0.3 is 0 Å². The Bertz CT molecular complexity index is 356. The third-order valence-corrected chi connectivity index (χ3v) is 1.91. The molecule has 2 N–H and O–H groups in total. The van der Waals surface area contributed by atoms with E-state index in [1.165, 1.54) is 0 Å². The van der Waals surface area contributed by atoms with Crippen LogP contribution in [0.3, 0.4) is 0 Å². The van der Waals surface area contributed by atoms with Crippen LogP contribution >= 0.6 is 11.6 Å². The van der Waals surface area contributed by atoms with Crippen molar-refractivity contribution < 1.29 is 0 Å². The molecule has 0 aliphatic heterocycles. The first kappa shape index (κ1) is 11.5. The number of aliphatic imine (C=N–C) groups is 2. The summed E-state index contributed by atoms with van der Waals surface area (Å²) in [5.41, 5.74) is 0.914. The summed E-state index contributed by atoms with van der Waals surface area (Å²) in [7, 11) is 3.37. The van der Waals surface area contributed by atoms with Gasteiger partial charge in [0.1, 0.15) is 0 Å². The van der Waals surface area contributed by atoms with Crippen LogP contribution in [0.4, 0.5) is 5.69 Å². The summed E-state index contributed by atoms with van der Waals surface area (Å²) in [4.78, 5) is 7.81. The molecular weight excluding hydrogens is 212 g/mol. The fourth-order valence-corrected chi connectivity index (χ4v) is 1.08. The van der Waals surface area contributed by atoms with Crippen molar-refractivity contribution >= 4 is 29.6 Å². The molecule has 0 bridgehead atoms. The molecule has 0 saturated heterocycles. The number of halogens is 1. The van der Waals surface area contributed by atoms with Gasteiger partial charge in [-0.25, -0.2) is 0 Å². The molecular formula is C10H13ClN4. The number of benzene rings is 1. The number of nitrogens with zero attached hydrogens (tertiary/aromatic N) is 2. The van der Waals surface area contributed by atoms with Gasteiger partial charge in [0.25, 0.3) is 0 Å². The lowest BCUT2D eigenvalue weighted by atomic mass is 10.3. The van der Waals surface area contributed by atoms with Crippen molar-refractivity contribution in [2.75, 3.05) is 19.4 Å². The van der Waals surface area contributed by atoms with Crippen molar-refractivity contribution in [2.24, 2.45) is 9.98 Å². The zero-order valence-electron chi connectivity index (χ0n) is 8.66. The highest BCUT2D eigenvalue weighted by molar-refractivity contribution is 6.30. The molecule has 1 aromatic carbocycles. The second kappa shape index (κ2) is 6.03. The predicted octanol–water partition coefficient (Wildman–Crippen LogP) is 1.99. The van der Waals surface area contributed by atoms with E-state index in [4.69, 9.17) is 11.6 Å². The molecule has 0 aromatic heterocycles. The zero-order chi connectivity index (χ0) is 11.1. The van der Waals surface area contributed by atoms with Crippen LogP contribution in [0.5, 0.6) is 0 Å². The lowest BCUT2D eigenvalue weighted by molar-refractivity contribution is 1.27. The van der Waals surface area contributed by atoms with Gasteiger partial charge in [0, 0.05) is 24.8 Å². The normalized spacial score (nSPS) is 11.8. The molecule has 4 nitrogen and oxygen atoms in total. The van der Waals surface area contributed by atoms with Crippen LogP contribution in [0, 0.1) is 0 Å². The first-order valence-corrected chi connectivity index (χ1v) is 4.80. The Hall–Kier alpha value is -1.55. The summed E-state index contributed by atoms with van der Waals surface area (Å²) in [5.74, 6) is 0.628. The SMILES string of the molecule is CN=CNC(=NC)Nc1ccc(Cl)cc1. The van der Waals surface area contributed by atoms with E-state index in [2.05, 4.69) is 20.6 Å². The number of hydrogen-bond donors (Lipinski definition) is 2. The maximum atomic E-state index is 5.77. The number of rotatable bonds is 2. The smallest absolute Gasteiger partial charge is 0.200 e. The van der Waals surface area contributed by atoms with Gasteiger partial charge in [-0.05, 0) is 24.3 Å². The Morgan fingerprint density at radius 3 is 2.47 bits per heavy atom. The summed E-state index contributed by atoms with van der Waals surface area (Å²) in [5, 5.41) is 6.68. The van der Waals surface area contributed by atoms with Gasteiger partial charge in [-0.3, -0.25) is 9.98 Å². The summed E-state index contributed by atoms with van der Waals surface area (Å²) in [6.45, 7) is 0. The maximum absolute atomic E-state index is 5.77. The lowest BCUT2D eigenvalue weighted by Gasteiger charge is -2.08. The number of nitrogens with one attached hydrogen (secondary N) is 2. The fraction of sp³-hybridized carbons (Fsp3) is 0.200. The van der Waals surface area contributed by atoms with E-state index < -0.39 is 0 Å². The Balaban J connectivity index is 2.63. The minimum absolute atomic E-state index is 0.628. The van der Waals surface area contributed by atoms with Crippen molar-refractivity contribution in [3.63, 3.8) is 0 Å². The van der Waals surface area contributed by atoms with Gasteiger partial charge in [-0.2, -0.15) is 0 Å². The molecule has 0 spiro atoms. The highest BCUT2D eigenvalue weighted by Crippen LogP contribution is 2.12. The number of guanidine groups is 1. The topological polar surface area (TPSA) is 48.8 Å². The molecule has 0 atom stereocenters. The Labute approximate surface area is 94.1 Å². The molecule has 0 aliphatic carbocycles. The lowest BCUT2D eigenvalue weighted by Crippen LogP contribution is -2.29. The zero-order valence-corrected chi connectivity index (χ0v) is 9.42. The average Bonchev–Trinajstić information content (AvgIpc) is 2.27. The van der Waals surface area contributed by atoms with Gasteiger partial charge in [0.2, 0.25) is 5.96 Å². The standard InChI is InChI=1S/C10H13ClN4/c1-12-7-14-10(13-2)15-9-5-3-8(11)4-6-9/h3-7H,1-2H3,(H2,12,13,14,15). The largest absolute Gasteiger partial charge is 0.326 e. The molecule has 0 heterocycles. The highest BCUT2D eigenvalue weighted by atomic mass is 35.5. The Kier molecular flexibility index (Phi) is 4.63. The van der Waals surface area contributed by atoms with Crippen LogP contribution in [0.15, 0.2) is 34.3 Å². The van der Waals surface area contributed by atoms with Crippen LogP contribution in [-0.4, -0.2) is 26.4 Å². The van der Waals surface area contributed by atoms with E-state index in [9.17, 15) is 0 Å². The Morgan fingerprint density at radius 2 is 1.93 bits per heavy atom. The monoisotopic (exact) mass is 224 g/mol. The predicted molar refractivity (Wildman–Crippen MR) is 66.0 cm³/mol. The van der Waals surface area contributed by atoms with E-state index >= 15 is 0 Å². The van der Waals surface area contributed by atoms with E-state index in [1.807, 2.05) is 24.3 Å². The third-order valence-electron chi connectivity index (χ3n) is 1.66. The molecule has 5 heteroatoms. The van der Waals surface area contributed by atoms with Crippen LogP contribution < -0.4 is 10.6 Å². The molecule has 0 fully saturated rings. The first-order chi connectivity index (χ1) is 7.26. The summed E-state index contributed by atoms with van der Waals surface area (Å²) in [6, 6.07) is 7.37. The fourth-order valence-electron chi connectivity index (χ4n) is 0.952. The molecule has 0 radical (unpaired) electrons. The summed E-state index contributed by atoms with van der Waals surface area (Å²) in [6.07, 6.45) is 1.56. The van der Waals surface area contributed by atoms with Crippen LogP contribution in [-0.2, 0) is 0 Å². The maximum Gasteiger partial charge on any atom is 0.200 e. The van der Waals surface area contributed by atoms with Crippen LogP contribution in [0.1, 0.15) is 0 Å². The van der Waals surface area contributed by atoms with Crippen LogP contribution in [0.25, 0.3) is 0 Å². The minimum atomic E-state index is 0.628. The van der Waals surface area contributed by atoms with Crippen molar-refractivity contribution in [3.8, 4) is 0 Å². The summed E-state index contributed by atoms with van der Waals surface area (Å²) >= 11 is 5.77. The first-order valence-electron chi connectivity index (χ1n) is 4.43. The second-order valence-electron chi connectivity index (χ2n) is 2.74. The third kappa shape index (κ3) is 3.99. The van der Waals surface area contributed by atoms with Crippen molar-refractivity contribution in [1.29, 1.82) is 0 Å². The van der Waals surface area contributed by atoms with Gasteiger partial charge in [0.05, 0.1) is 6.34 Å². The van der Waals surface area contributed by atoms with E-state index in [1.54, 1.807) is 20.4 Å². The molecule has 15 heavy (non-hydrogen) atoms. The summed E-state index contributed by atoms with van der Waals surface area (Å²) < 4.78 is 0. The minimum Gasteiger partial charge on any atom is -0.326 e. The average molecular weight is 225 g/mol. The van der Waals surface area contributed by atoms with Gasteiger partial charge in [-0.1, -0.05) is 11.6 Å². The molecule has 1 rings (SSSR count). The van der Waals surface area contributed by atoms with Crippen molar-refractivity contribution in [1.82, 2.24) is 5.32 Å². The van der Waals surface area contributed by atoms with Gasteiger partial charge in [-0.15, -0.1) is 0 Å². The van der Waals surface area contributed by atoms with Gasteiger partial charge in [0.15, 0.2) is 0 Å². The Morgan fingerprint density at radius 1 is 1.27 bits per heavy atom. The highest BCUT2D eigenvalue weighted by Gasteiger charge is 1.96. The van der Waals surface area contributed by atoms with Gasteiger partial charge < -0.3 is 10.6 Å². The van der Waals surface area contributed by atoms with Crippen molar-refractivity contribution in [3.05, 3.63) is 29.3 Å². The van der Waals surface area contributed by atoms with E-state index in [-0.39, 0.29) is 0 Å². The molecule has 80 valence electrons. The molecule has 0 unspecified atom stereocenters. The molecule has 0 saturated carbocycles. The van der Waals surface area contributed by atoms with Crippen LogP contribution in [0.2, 0.25) is 5.02 Å². The quantitative estimate of drug-likeness (QED) is 0.596. The van der Waals surface area contributed by atoms with E-state index in [0.717, 1.165) is 5.69 Å². The van der Waals surface area contributed by atoms with E-state index in [0.29, 0.717) is 11.0 Å². The molecule has 0 amide bonds. The molecule has 0 aliphatic rings. The second-order valence-corrected chi connectivity index (χ2v) is 3.17. The molecule has 1 aromatic rings. The number of hydrogen-bond acceptors (Lipinski definition) is 2.